The van der Waals surface area contributed by atoms with E-state index in [0.29, 0.717) is 0 Å². The molecular formula is C5H13ClN2O2. The van der Waals surface area contributed by atoms with Gasteiger partial charge >= 0.3 is 5.97 Å². The first-order chi connectivity index (χ1) is 6.69. The van der Waals surface area contributed by atoms with Crippen molar-refractivity contribution in [3.63, 3.8) is 0 Å². The summed E-state index contributed by atoms with van der Waals surface area (Å²) in [5, 5.41) is 8.52. The highest BCUT2D eigenvalue weighted by Crippen LogP contribution is 1.91. The number of carboxylic acids is 1. The van der Waals surface area contributed by atoms with Crippen LogP contribution in [0.2, 0.25) is 0 Å². The average Bonchev–Trinajstić information content (AvgIpc) is 2.00. The molecule has 0 bridgehead atoms. The molecule has 0 aliphatic rings. The number of hydrogen-bond acceptors (Lipinski definition) is 3. The van der Waals surface area contributed by atoms with Crippen molar-refractivity contribution in [2.45, 2.75) is 18.8 Å². The average molecular weight is 176 g/mol. The van der Waals surface area contributed by atoms with Gasteiger partial charge in [0.1, 0.15) is 6.02 Å². The minimum absolute atomic E-state index is 0. The third-order valence-electron chi connectivity index (χ3n) is 0.500. The van der Waals surface area contributed by atoms with E-state index in [0.717, 1.165) is 0 Å². The molecule has 0 aromatic rings. The Morgan fingerprint density at radius 3 is 2.70 bits per heavy atom. The molecule has 0 saturated heterocycles. The molecular weight excluding hydrogens is 156 g/mol. The van der Waals surface area contributed by atoms with Crippen molar-refractivity contribution in [1.29, 1.82) is 0 Å². The number of aliphatic carboxylic acids is 1. The van der Waals surface area contributed by atoms with Gasteiger partial charge in [-0.2, -0.15) is 0 Å². The van der Waals surface area contributed by atoms with Crippen LogP contribution in [0.5, 0.6) is 0 Å². The highest BCUT2D eigenvalue weighted by Gasteiger charge is 2.08. The van der Waals surface area contributed by atoms with Crippen molar-refractivity contribution >= 4 is 18.4 Å². The Morgan fingerprint density at radius 1 is 1.90 bits per heavy atom. The van der Waals surface area contributed by atoms with Gasteiger partial charge in [-0.05, 0) is 19.2 Å². The molecule has 0 aliphatic heterocycles. The molecule has 10 heavy (non-hydrogen) atoms. The number of nitrogens with two attached hydrogens (primary N) is 2. The van der Waals surface area contributed by atoms with Gasteiger partial charge in [0.05, 0.1) is 1.37 Å². The Bertz CT molecular complexity index is 303. The fraction of sp³-hybridized carbons (Fsp3) is 0.800. The first-order valence-corrected chi connectivity index (χ1v) is 2.01. The molecule has 0 heterocycles. The van der Waals surface area contributed by atoms with E-state index >= 15 is 0 Å². The fourth-order valence-corrected chi connectivity index (χ4v) is 0.157. The van der Waals surface area contributed by atoms with E-state index in [1.165, 1.54) is 0 Å². The molecule has 1 unspecified atom stereocenters. The maximum absolute atomic E-state index is 10.6. The minimum Gasteiger partial charge on any atom is -0.480 e. The topological polar surface area (TPSA) is 89.3 Å². The molecule has 5 heteroatoms. The summed E-state index contributed by atoms with van der Waals surface area (Å²) in [6.07, 6.45) is -6.97. The zero-order valence-corrected chi connectivity index (χ0v) is 5.73. The SMILES string of the molecule is Cl.[2H]C([2H])(N)C([2H])([2H])C([2H])([2H])C([2H])(N)C(=O)O. The number of carboxylic acid groups (broad SMARTS) is 1. The smallest absolute Gasteiger partial charge is 0.320 e. The number of hydrogen-bond donors (Lipinski definition) is 3. The highest BCUT2D eigenvalue weighted by atomic mass is 35.5. The first-order valence-electron chi connectivity index (χ1n) is 5.51. The fourth-order valence-electron chi connectivity index (χ4n) is 0.157. The summed E-state index contributed by atoms with van der Waals surface area (Å²) in [6.45, 7) is -3.18. The van der Waals surface area contributed by atoms with Gasteiger partial charge in [0.2, 0.25) is 0 Å². The predicted octanol–water partition coefficient (Wildman–Crippen LogP) is -0.441. The highest BCUT2D eigenvalue weighted by molar-refractivity contribution is 5.85. The van der Waals surface area contributed by atoms with Gasteiger partial charge in [-0.3, -0.25) is 4.79 Å². The minimum atomic E-state index is -3.52. The largest absolute Gasteiger partial charge is 0.480 e. The van der Waals surface area contributed by atoms with Gasteiger partial charge in [-0.15, -0.1) is 12.4 Å². The molecule has 0 spiro atoms. The summed E-state index contributed by atoms with van der Waals surface area (Å²) < 4.78 is 49.6. The van der Waals surface area contributed by atoms with Crippen LogP contribution in [0, 0.1) is 0 Å². The molecule has 5 N–H and O–H groups in total. The van der Waals surface area contributed by atoms with E-state index in [-0.39, 0.29) is 12.4 Å². The van der Waals surface area contributed by atoms with E-state index in [9.17, 15) is 4.79 Å². The van der Waals surface area contributed by atoms with Gasteiger partial charge in [-0.1, -0.05) is 0 Å². The Morgan fingerprint density at radius 2 is 2.40 bits per heavy atom. The molecule has 62 valence electrons. The molecule has 0 fully saturated rings. The lowest BCUT2D eigenvalue weighted by atomic mass is 10.2. The summed E-state index contributed by atoms with van der Waals surface area (Å²) in [5.41, 5.74) is 9.63. The van der Waals surface area contributed by atoms with Crippen LogP contribution in [-0.2, 0) is 4.79 Å². The van der Waals surface area contributed by atoms with Crippen molar-refractivity contribution in [3.8, 4) is 0 Å². The Hall–Kier alpha value is -0.320. The predicted molar refractivity (Wildman–Crippen MR) is 41.1 cm³/mol. The van der Waals surface area contributed by atoms with Gasteiger partial charge in [0.25, 0.3) is 0 Å². The van der Waals surface area contributed by atoms with Crippen LogP contribution < -0.4 is 11.5 Å². The van der Waals surface area contributed by atoms with Crippen LogP contribution in [0.15, 0.2) is 0 Å². The van der Waals surface area contributed by atoms with Crippen molar-refractivity contribution in [3.05, 3.63) is 0 Å². The Kier molecular flexibility index (Phi) is 2.30. The zero-order valence-electron chi connectivity index (χ0n) is 11.9. The van der Waals surface area contributed by atoms with Crippen molar-refractivity contribution in [2.75, 3.05) is 6.50 Å². The third kappa shape index (κ3) is 5.81. The number of rotatable bonds is 4. The Balaban J connectivity index is 0. The van der Waals surface area contributed by atoms with Gasteiger partial charge in [0.15, 0.2) is 0 Å². The first kappa shape index (κ1) is 3.38. The quantitative estimate of drug-likeness (QED) is 0.541. The summed E-state index contributed by atoms with van der Waals surface area (Å²) in [6, 6.07) is -3.36. The molecule has 0 aromatic heterocycles. The second kappa shape index (κ2) is 6.80. The second-order valence-corrected chi connectivity index (χ2v) is 1.11. The standard InChI is InChI=1S/C5H12N2O2.ClH/c6-3-1-2-4(7)5(8)9;/h4H,1-3,6-7H2,(H,8,9);1H/i1D2,2D2,3D2,4D;. The van der Waals surface area contributed by atoms with E-state index < -0.39 is 31.2 Å². The molecule has 0 saturated carbocycles. The van der Waals surface area contributed by atoms with Crippen molar-refractivity contribution < 1.29 is 19.5 Å². The molecule has 0 radical (unpaired) electrons. The molecule has 0 rings (SSSR count). The molecule has 0 aliphatic carbocycles. The van der Waals surface area contributed by atoms with E-state index in [4.69, 9.17) is 26.2 Å². The second-order valence-electron chi connectivity index (χ2n) is 1.11. The van der Waals surface area contributed by atoms with Crippen LogP contribution in [-0.4, -0.2) is 23.6 Å². The van der Waals surface area contributed by atoms with Crippen molar-refractivity contribution in [1.82, 2.24) is 0 Å². The van der Waals surface area contributed by atoms with Gasteiger partial charge in [0, 0.05) is 8.22 Å². The van der Waals surface area contributed by atoms with Crippen LogP contribution in [0.25, 0.3) is 0 Å². The zero-order chi connectivity index (χ0) is 13.6. The number of carbonyl (C=O) groups is 1. The van der Waals surface area contributed by atoms with E-state index in [1.54, 1.807) is 0 Å². The normalized spacial score (nSPS) is 29.6. The van der Waals surface area contributed by atoms with Gasteiger partial charge in [-0.25, -0.2) is 0 Å². The lowest BCUT2D eigenvalue weighted by Gasteiger charge is -2.02. The molecule has 1 atom stereocenters. The summed E-state index contributed by atoms with van der Waals surface area (Å²) in [7, 11) is 0. The maximum Gasteiger partial charge on any atom is 0.320 e. The van der Waals surface area contributed by atoms with Crippen LogP contribution >= 0.6 is 12.4 Å². The van der Waals surface area contributed by atoms with Crippen LogP contribution in [0.4, 0.5) is 0 Å². The lowest BCUT2D eigenvalue weighted by molar-refractivity contribution is -0.138. The lowest BCUT2D eigenvalue weighted by Crippen LogP contribution is -2.30. The van der Waals surface area contributed by atoms with Gasteiger partial charge < -0.3 is 16.6 Å². The Labute approximate surface area is 75.8 Å². The van der Waals surface area contributed by atoms with E-state index in [1.807, 2.05) is 0 Å². The summed E-state index contributed by atoms with van der Waals surface area (Å²) in [5.74, 6) is -2.12. The molecule has 0 amide bonds. The van der Waals surface area contributed by atoms with Crippen LogP contribution in [0.3, 0.4) is 0 Å². The molecule has 0 aromatic carbocycles. The van der Waals surface area contributed by atoms with E-state index in [2.05, 4.69) is 0 Å². The monoisotopic (exact) mass is 175 g/mol. The molecule has 4 nitrogen and oxygen atoms in total. The summed E-state index contributed by atoms with van der Waals surface area (Å²) in [4.78, 5) is 10.6. The maximum atomic E-state index is 10.6. The summed E-state index contributed by atoms with van der Waals surface area (Å²) >= 11 is 0. The van der Waals surface area contributed by atoms with Crippen molar-refractivity contribution in [2.24, 2.45) is 11.5 Å². The number of halogens is 1. The third-order valence-corrected chi connectivity index (χ3v) is 0.500. The van der Waals surface area contributed by atoms with Crippen LogP contribution in [0.1, 0.15) is 22.3 Å².